The number of esters is 2. The molecule has 6 rings (SSSR count). The molecule has 4 aromatic carbocycles. The summed E-state index contributed by atoms with van der Waals surface area (Å²) in [6.45, 7) is 15.8. The number of aromatic nitrogens is 2. The lowest BCUT2D eigenvalue weighted by Gasteiger charge is -2.20. The van der Waals surface area contributed by atoms with Crippen molar-refractivity contribution < 1.29 is 37.2 Å². The Morgan fingerprint density at radius 2 is 1.25 bits per heavy atom. The lowest BCUT2D eigenvalue weighted by atomic mass is 9.97. The van der Waals surface area contributed by atoms with E-state index in [0.29, 0.717) is 28.3 Å². The van der Waals surface area contributed by atoms with Crippen molar-refractivity contribution in [1.29, 1.82) is 0 Å². The molecule has 6 aromatic rings. The van der Waals surface area contributed by atoms with Gasteiger partial charge in [0.25, 0.3) is 0 Å². The zero-order valence-electron chi connectivity index (χ0n) is 35.5. The van der Waals surface area contributed by atoms with Crippen molar-refractivity contribution in [3.8, 4) is 22.3 Å². The van der Waals surface area contributed by atoms with Crippen LogP contribution >= 0.6 is 15.9 Å². The van der Waals surface area contributed by atoms with Crippen LogP contribution in [-0.2, 0) is 41.8 Å². The summed E-state index contributed by atoms with van der Waals surface area (Å²) in [5, 5.41) is 8.30. The number of carbonyl (C=O) groups is 2. The molecule has 15 heteroatoms. The van der Waals surface area contributed by atoms with Crippen molar-refractivity contribution in [3.63, 3.8) is 0 Å². The molecule has 0 radical (unpaired) electrons. The van der Waals surface area contributed by atoms with Crippen LogP contribution in [0.3, 0.4) is 0 Å². The molecule has 0 aliphatic carbocycles. The molecule has 0 aliphatic heterocycles. The van der Waals surface area contributed by atoms with Gasteiger partial charge in [-0.05, 0) is 114 Å². The number of benzene rings is 4. The monoisotopic (exact) mass is 930 g/mol. The Morgan fingerprint density at radius 1 is 0.738 bits per heavy atom. The van der Waals surface area contributed by atoms with E-state index in [-0.39, 0.29) is 18.4 Å². The molecular weight excluding hydrogens is 881 g/mol. The van der Waals surface area contributed by atoms with E-state index in [1.807, 2.05) is 139 Å². The van der Waals surface area contributed by atoms with Gasteiger partial charge in [-0.1, -0.05) is 102 Å². The van der Waals surface area contributed by atoms with Crippen molar-refractivity contribution >= 4 is 56.8 Å². The van der Waals surface area contributed by atoms with Crippen LogP contribution < -0.4 is 4.72 Å². The summed E-state index contributed by atoms with van der Waals surface area (Å²) < 4.78 is 52.6. The van der Waals surface area contributed by atoms with Gasteiger partial charge in [-0.2, -0.15) is 0 Å². The van der Waals surface area contributed by atoms with Gasteiger partial charge in [-0.3, -0.25) is 9.59 Å². The normalized spacial score (nSPS) is 12.4. The number of carbonyl (C=O) groups excluding carboxylic acids is 2. The standard InChI is InChI=1S/C23H26N2O4S.C19H18N2O2S.C4H7BrO2/c1-5-28-22(26)14-21(25-30(27)20-11-9-15(2)10-12-20)18-7-6-8-19(13-18)23-16(3)24-29-17(23)4;1-13-7-9-18(10-8-13)24(22)20-12-16-5-4-6-17(11-16)19-14(2)21-23-15(19)3;1-2-7-4(6)3-5/h6-13,21,25H,5,14H2,1-4H3;4-12H,1-3H3;2-3H2,1H3/t21-,30?;;/m0../s1. The third kappa shape index (κ3) is 14.8. The van der Waals surface area contributed by atoms with Gasteiger partial charge in [0.2, 0.25) is 0 Å². The quantitative estimate of drug-likeness (QED) is 0.0476. The van der Waals surface area contributed by atoms with Gasteiger partial charge in [-0.25, -0.2) is 0 Å². The summed E-state index contributed by atoms with van der Waals surface area (Å²) in [5.41, 5.74) is 9.44. The van der Waals surface area contributed by atoms with Crippen LogP contribution in [0.5, 0.6) is 0 Å². The largest absolute Gasteiger partial charge is 0.593 e. The number of halogens is 1. The maximum Gasteiger partial charge on any atom is 0.316 e. The fourth-order valence-electron chi connectivity index (χ4n) is 5.97. The summed E-state index contributed by atoms with van der Waals surface area (Å²) >= 11 is 0.0522. The van der Waals surface area contributed by atoms with Crippen molar-refractivity contribution in [1.82, 2.24) is 15.0 Å². The summed E-state index contributed by atoms with van der Waals surface area (Å²) in [5.74, 6) is 0.953. The zero-order valence-corrected chi connectivity index (χ0v) is 38.7. The van der Waals surface area contributed by atoms with Crippen LogP contribution in [0, 0.1) is 41.5 Å². The third-order valence-electron chi connectivity index (χ3n) is 8.91. The number of aryl methyl sites for hydroxylation is 6. The molecule has 322 valence electrons. The second-order valence-electron chi connectivity index (χ2n) is 13.6. The van der Waals surface area contributed by atoms with Crippen LogP contribution in [0.25, 0.3) is 22.3 Å². The number of rotatable bonds is 14. The Morgan fingerprint density at radius 3 is 1.74 bits per heavy atom. The molecule has 0 fully saturated rings. The van der Waals surface area contributed by atoms with Crippen molar-refractivity contribution in [2.24, 2.45) is 4.40 Å². The molecule has 2 heterocycles. The Balaban J connectivity index is 0.000000236. The SMILES string of the molecule is CCOC(=O)CBr.CCOC(=O)C[C@H](N[S+]([O-])c1ccc(C)cc1)c1cccc(-c2c(C)noc2C)c1.Cc1ccc([S+]([O-])N=Cc2cccc(-c3c(C)noc3C)c2)cc1. The molecule has 0 spiro atoms. The first-order valence-corrected chi connectivity index (χ1v) is 22.8. The number of nitrogens with zero attached hydrogens (tertiary/aromatic N) is 3. The second kappa shape index (κ2) is 24.4. The Kier molecular flexibility index (Phi) is 19.5. The lowest BCUT2D eigenvalue weighted by molar-refractivity contribution is -0.143. The van der Waals surface area contributed by atoms with Gasteiger partial charge in [-0.15, -0.1) is 4.72 Å². The number of hydrogen-bond donors (Lipinski definition) is 1. The summed E-state index contributed by atoms with van der Waals surface area (Å²) in [6.07, 6.45) is 1.70. The van der Waals surface area contributed by atoms with Crippen molar-refractivity contribution in [3.05, 3.63) is 142 Å². The molecule has 1 N–H and O–H groups in total. The van der Waals surface area contributed by atoms with Crippen molar-refractivity contribution in [2.45, 2.75) is 77.6 Å². The highest BCUT2D eigenvalue weighted by Gasteiger charge is 2.25. The van der Waals surface area contributed by atoms with Crippen molar-refractivity contribution in [2.75, 3.05) is 18.5 Å². The fourth-order valence-corrected chi connectivity index (χ4v) is 7.84. The molecule has 0 amide bonds. The van der Waals surface area contributed by atoms with E-state index in [0.717, 1.165) is 67.4 Å². The van der Waals surface area contributed by atoms with Gasteiger partial charge >= 0.3 is 11.9 Å². The molecule has 2 aromatic heterocycles. The van der Waals surface area contributed by atoms with Gasteiger partial charge in [0.05, 0.1) is 54.6 Å². The van der Waals surface area contributed by atoms with Gasteiger partial charge in [0, 0.05) is 11.1 Å². The van der Waals surface area contributed by atoms with E-state index in [2.05, 4.69) is 40.1 Å². The zero-order chi connectivity index (χ0) is 44.5. The minimum atomic E-state index is -1.48. The molecule has 12 nitrogen and oxygen atoms in total. The first-order valence-electron chi connectivity index (χ1n) is 19.4. The molecule has 3 atom stereocenters. The van der Waals surface area contributed by atoms with E-state index in [9.17, 15) is 18.7 Å². The number of nitrogens with one attached hydrogen (secondary N) is 1. The summed E-state index contributed by atoms with van der Waals surface area (Å²) in [4.78, 5) is 23.7. The van der Waals surface area contributed by atoms with Gasteiger partial charge in [0.15, 0.2) is 9.79 Å². The average Bonchev–Trinajstić information content (AvgIpc) is 3.78. The molecule has 0 aliphatic rings. The Bertz CT molecular complexity index is 2310. The Labute approximate surface area is 372 Å². The Hall–Kier alpha value is -5.03. The number of ether oxygens (including phenoxy) is 2. The summed E-state index contributed by atoms with van der Waals surface area (Å²) in [6, 6.07) is 30.1. The van der Waals surface area contributed by atoms with E-state index >= 15 is 0 Å². The highest BCUT2D eigenvalue weighted by Crippen LogP contribution is 2.31. The predicted molar refractivity (Wildman–Crippen MR) is 243 cm³/mol. The first-order chi connectivity index (χ1) is 29.2. The third-order valence-corrected chi connectivity index (χ3v) is 11.5. The topological polar surface area (TPSA) is 175 Å². The minimum Gasteiger partial charge on any atom is -0.593 e. The van der Waals surface area contributed by atoms with E-state index in [4.69, 9.17) is 13.8 Å². The maximum absolute atomic E-state index is 12.9. The second-order valence-corrected chi connectivity index (χ2v) is 16.6. The van der Waals surface area contributed by atoms with Crippen LogP contribution in [0.2, 0.25) is 0 Å². The highest BCUT2D eigenvalue weighted by atomic mass is 79.9. The minimum absolute atomic E-state index is 0.0660. The molecule has 61 heavy (non-hydrogen) atoms. The van der Waals surface area contributed by atoms with Crippen LogP contribution in [0.1, 0.15) is 71.5 Å². The molecule has 0 saturated heterocycles. The molecule has 2 unspecified atom stereocenters. The lowest BCUT2D eigenvalue weighted by Crippen LogP contribution is -2.30. The number of hydrogen-bond acceptors (Lipinski definition) is 12. The molecular formula is C46H51BrN4O8S2. The van der Waals surface area contributed by atoms with E-state index in [1.54, 1.807) is 20.1 Å². The smallest absolute Gasteiger partial charge is 0.316 e. The first kappa shape index (κ1) is 48.6. The average molecular weight is 932 g/mol. The predicted octanol–water partition coefficient (Wildman–Crippen LogP) is 9.93. The highest BCUT2D eigenvalue weighted by molar-refractivity contribution is 9.09. The maximum atomic E-state index is 12.9. The van der Waals surface area contributed by atoms with Crippen LogP contribution in [-0.4, -0.2) is 56.1 Å². The van der Waals surface area contributed by atoms with E-state index in [1.165, 1.54) is 0 Å². The van der Waals surface area contributed by atoms with Crippen LogP contribution in [0.15, 0.2) is 120 Å². The number of alkyl halides is 1. The molecule has 0 bridgehead atoms. The molecule has 0 saturated carbocycles. The fraction of sp³-hybridized carbons (Fsp3) is 0.283. The van der Waals surface area contributed by atoms with Gasteiger partial charge in [0.1, 0.15) is 28.2 Å². The van der Waals surface area contributed by atoms with E-state index < -0.39 is 28.8 Å². The van der Waals surface area contributed by atoms with Crippen LogP contribution in [0.4, 0.5) is 0 Å². The van der Waals surface area contributed by atoms with Gasteiger partial charge < -0.3 is 27.6 Å². The summed E-state index contributed by atoms with van der Waals surface area (Å²) in [7, 11) is 0.